The van der Waals surface area contributed by atoms with Gasteiger partial charge in [-0.25, -0.2) is 4.98 Å². The van der Waals surface area contributed by atoms with Crippen LogP contribution < -0.4 is 16.0 Å². The number of methoxy groups -OCH3 is 1. The number of aromatic nitrogens is 4. The molecule has 0 aliphatic carbocycles. The van der Waals surface area contributed by atoms with Crippen LogP contribution in [0.2, 0.25) is 0 Å². The fourth-order valence-corrected chi connectivity index (χ4v) is 2.62. The molecule has 0 spiro atoms. The van der Waals surface area contributed by atoms with Crippen molar-refractivity contribution < 1.29 is 29.9 Å². The third-order valence-electron chi connectivity index (χ3n) is 3.87. The van der Waals surface area contributed by atoms with E-state index in [1.165, 1.54) is 7.11 Å². The van der Waals surface area contributed by atoms with Gasteiger partial charge in [0.15, 0.2) is 17.4 Å². The van der Waals surface area contributed by atoms with E-state index < -0.39 is 42.8 Å². The molecule has 7 N–H and O–H groups in total. The van der Waals surface area contributed by atoms with Crippen molar-refractivity contribution in [2.75, 3.05) is 19.5 Å². The van der Waals surface area contributed by atoms with Gasteiger partial charge in [-0.15, -0.1) is 0 Å². The molecule has 0 amide bonds. The molecule has 12 heteroatoms. The maximum Gasteiger partial charge on any atom is 0.298 e. The van der Waals surface area contributed by atoms with Crippen molar-refractivity contribution in [3.8, 4) is 6.01 Å². The Morgan fingerprint density at radius 2 is 2.00 bits per heavy atom. The highest BCUT2D eigenvalue weighted by atomic mass is 16.6. The first-order chi connectivity index (χ1) is 11.4. The van der Waals surface area contributed by atoms with Crippen molar-refractivity contribution in [1.29, 1.82) is 0 Å². The molecule has 1 aliphatic rings. The Morgan fingerprint density at radius 3 is 2.62 bits per heavy atom. The van der Waals surface area contributed by atoms with Crippen LogP contribution in [0.4, 0.5) is 5.95 Å². The molecule has 0 bridgehead atoms. The largest absolute Gasteiger partial charge is 0.468 e. The van der Waals surface area contributed by atoms with Crippen LogP contribution in [0.5, 0.6) is 6.01 Å². The number of aliphatic hydroxyl groups is 4. The van der Waals surface area contributed by atoms with E-state index in [9.17, 15) is 25.2 Å². The van der Waals surface area contributed by atoms with E-state index in [1.54, 1.807) is 0 Å². The number of fused-ring (bicyclic) bond motifs is 1. The lowest BCUT2D eigenvalue weighted by atomic mass is 9.98. The van der Waals surface area contributed by atoms with E-state index in [-0.39, 0.29) is 23.1 Å². The summed E-state index contributed by atoms with van der Waals surface area (Å²) in [6.07, 6.45) is -7.21. The highest BCUT2D eigenvalue weighted by molar-refractivity contribution is 5.73. The van der Waals surface area contributed by atoms with Gasteiger partial charge < -0.3 is 35.6 Å². The molecule has 5 atom stereocenters. The number of H-pyrrole nitrogens is 1. The minimum atomic E-state index is -1.61. The van der Waals surface area contributed by atoms with Crippen molar-refractivity contribution in [3.63, 3.8) is 0 Å². The van der Waals surface area contributed by atoms with E-state index in [4.69, 9.17) is 15.2 Å². The Hall–Kier alpha value is -2.25. The molecule has 1 fully saturated rings. The topological polar surface area (TPSA) is 189 Å². The summed E-state index contributed by atoms with van der Waals surface area (Å²) in [6, 6.07) is -0.113. The number of rotatable bonds is 3. The summed E-state index contributed by atoms with van der Waals surface area (Å²) in [5.41, 5.74) is 5.01. The van der Waals surface area contributed by atoms with Crippen LogP contribution in [0.1, 0.15) is 6.23 Å². The maximum atomic E-state index is 12.0. The lowest BCUT2D eigenvalue weighted by molar-refractivity contribution is -0.250. The average Bonchev–Trinajstić information content (AvgIpc) is 2.90. The SMILES string of the molecule is COc1nc2c(nc(N)n2[C@@H]2O[C@@H](CO)[C@@H](O)[C@@H](O)[C@H]2O)c(=O)[nH]1. The van der Waals surface area contributed by atoms with E-state index in [0.717, 1.165) is 4.57 Å². The Labute approximate surface area is 134 Å². The number of aromatic amines is 1. The number of ether oxygens (including phenoxy) is 2. The van der Waals surface area contributed by atoms with E-state index in [1.807, 2.05) is 0 Å². The number of nitrogens with one attached hydrogen (secondary N) is 1. The number of anilines is 1. The smallest absolute Gasteiger partial charge is 0.298 e. The number of nitrogens with zero attached hydrogens (tertiary/aromatic N) is 3. The summed E-state index contributed by atoms with van der Waals surface area (Å²) < 4.78 is 11.4. The van der Waals surface area contributed by atoms with Crippen LogP contribution in [0.25, 0.3) is 11.2 Å². The number of nitrogens with two attached hydrogens (primary N) is 1. The highest BCUT2D eigenvalue weighted by Crippen LogP contribution is 2.32. The van der Waals surface area contributed by atoms with E-state index in [2.05, 4.69) is 15.0 Å². The molecule has 2 aromatic heterocycles. The zero-order valence-electron chi connectivity index (χ0n) is 12.5. The molecule has 1 aliphatic heterocycles. The summed E-state index contributed by atoms with van der Waals surface area (Å²) in [7, 11) is 1.29. The molecule has 0 saturated carbocycles. The first-order valence-corrected chi connectivity index (χ1v) is 7.01. The van der Waals surface area contributed by atoms with Gasteiger partial charge in [0.25, 0.3) is 11.6 Å². The Balaban J connectivity index is 2.16. The Bertz CT molecular complexity index is 803. The van der Waals surface area contributed by atoms with Crippen molar-refractivity contribution in [3.05, 3.63) is 10.4 Å². The van der Waals surface area contributed by atoms with Gasteiger partial charge in [-0.1, -0.05) is 0 Å². The van der Waals surface area contributed by atoms with Crippen LogP contribution >= 0.6 is 0 Å². The van der Waals surface area contributed by atoms with Crippen LogP contribution in [0.3, 0.4) is 0 Å². The molecule has 0 aromatic carbocycles. The third-order valence-corrected chi connectivity index (χ3v) is 3.87. The summed E-state index contributed by atoms with van der Waals surface area (Å²) in [4.78, 5) is 22.2. The first kappa shape index (κ1) is 16.6. The van der Waals surface area contributed by atoms with Gasteiger partial charge in [-0.2, -0.15) is 4.98 Å². The molecule has 132 valence electrons. The minimum absolute atomic E-state index is 0.0440. The van der Waals surface area contributed by atoms with Crippen LogP contribution in [0, 0.1) is 0 Å². The monoisotopic (exact) mass is 343 g/mol. The number of hydrogen-bond acceptors (Lipinski definition) is 10. The zero-order chi connectivity index (χ0) is 17.6. The molecule has 1 saturated heterocycles. The van der Waals surface area contributed by atoms with Crippen LogP contribution in [-0.4, -0.2) is 78.1 Å². The summed E-state index contributed by atoms with van der Waals surface area (Å²) in [6.45, 7) is -0.606. The fourth-order valence-electron chi connectivity index (χ4n) is 2.62. The first-order valence-electron chi connectivity index (χ1n) is 7.01. The summed E-state index contributed by atoms with van der Waals surface area (Å²) >= 11 is 0. The van der Waals surface area contributed by atoms with Crippen molar-refractivity contribution in [2.24, 2.45) is 0 Å². The molecule has 0 unspecified atom stereocenters. The Morgan fingerprint density at radius 1 is 1.29 bits per heavy atom. The standard InChI is InChI=1S/C12H17N5O7/c1-23-12-15-8-4(9(22)16-12)14-11(13)17(8)10-7(21)6(20)5(19)3(2-18)24-10/h3,5-7,10,18-21H,2H2,1H3,(H2,13,14)(H,15,16,22)/t3-,5+,6+,7+,10+/m0/s1. The zero-order valence-corrected chi connectivity index (χ0v) is 12.5. The minimum Gasteiger partial charge on any atom is -0.468 e. The molecule has 3 rings (SSSR count). The average molecular weight is 343 g/mol. The molecule has 3 heterocycles. The number of hydrogen-bond donors (Lipinski definition) is 6. The molecular weight excluding hydrogens is 326 g/mol. The maximum absolute atomic E-state index is 12.0. The van der Waals surface area contributed by atoms with Crippen molar-refractivity contribution >= 4 is 17.1 Å². The fraction of sp³-hybridized carbons (Fsp3) is 0.583. The van der Waals surface area contributed by atoms with Crippen molar-refractivity contribution in [2.45, 2.75) is 30.6 Å². The predicted molar refractivity (Wildman–Crippen MR) is 78.1 cm³/mol. The molecule has 12 nitrogen and oxygen atoms in total. The van der Waals surface area contributed by atoms with Gasteiger partial charge >= 0.3 is 0 Å². The van der Waals surface area contributed by atoms with Gasteiger partial charge in [0, 0.05) is 0 Å². The second-order valence-corrected chi connectivity index (χ2v) is 5.31. The van der Waals surface area contributed by atoms with Crippen molar-refractivity contribution in [1.82, 2.24) is 19.5 Å². The normalized spacial score (nSPS) is 30.6. The lowest BCUT2D eigenvalue weighted by Crippen LogP contribution is -2.56. The Kier molecular flexibility index (Phi) is 4.15. The third kappa shape index (κ3) is 2.40. The van der Waals surface area contributed by atoms with Gasteiger partial charge in [-0.05, 0) is 0 Å². The van der Waals surface area contributed by atoms with Gasteiger partial charge in [0.05, 0.1) is 13.7 Å². The van der Waals surface area contributed by atoms with Gasteiger partial charge in [-0.3, -0.25) is 14.3 Å². The number of aliphatic hydroxyl groups excluding tert-OH is 4. The predicted octanol–water partition coefficient (Wildman–Crippen LogP) is -3.32. The highest BCUT2D eigenvalue weighted by Gasteiger charge is 2.45. The van der Waals surface area contributed by atoms with Gasteiger partial charge in [0.2, 0.25) is 5.95 Å². The molecule has 0 radical (unpaired) electrons. The quantitative estimate of drug-likeness (QED) is 0.329. The van der Waals surface area contributed by atoms with E-state index >= 15 is 0 Å². The van der Waals surface area contributed by atoms with Crippen LogP contribution in [-0.2, 0) is 4.74 Å². The second-order valence-electron chi connectivity index (χ2n) is 5.31. The second kappa shape index (κ2) is 5.99. The van der Waals surface area contributed by atoms with Gasteiger partial charge in [0.1, 0.15) is 24.4 Å². The van der Waals surface area contributed by atoms with Crippen LogP contribution in [0.15, 0.2) is 4.79 Å². The molecular formula is C12H17N5O7. The summed E-state index contributed by atoms with van der Waals surface area (Å²) in [5, 5.41) is 39.2. The molecule has 24 heavy (non-hydrogen) atoms. The number of nitrogen functional groups attached to an aromatic ring is 1. The molecule has 2 aromatic rings. The van der Waals surface area contributed by atoms with E-state index in [0.29, 0.717) is 0 Å². The number of imidazole rings is 1. The summed E-state index contributed by atoms with van der Waals surface area (Å²) in [5.74, 6) is -0.208. The lowest BCUT2D eigenvalue weighted by Gasteiger charge is -2.40.